The lowest BCUT2D eigenvalue weighted by atomic mass is 10.0. The van der Waals surface area contributed by atoms with E-state index in [0.717, 1.165) is 10.4 Å². The molecular weight excluding hydrogens is 624 g/mol. The molecule has 4 rings (SSSR count). The number of rotatable bonds is 12. The zero-order chi connectivity index (χ0) is 34.2. The first kappa shape index (κ1) is 36.4. The Morgan fingerprint density at radius 1 is 0.809 bits per heavy atom. The summed E-state index contributed by atoms with van der Waals surface area (Å²) in [7, 11) is -2.95. The van der Waals surface area contributed by atoms with E-state index in [9.17, 15) is 14.4 Å². The first-order chi connectivity index (χ1) is 22.4. The van der Waals surface area contributed by atoms with E-state index in [0.29, 0.717) is 6.61 Å². The molecule has 0 radical (unpaired) electrons. The van der Waals surface area contributed by atoms with E-state index in [-0.39, 0.29) is 18.3 Å². The van der Waals surface area contributed by atoms with Crippen molar-refractivity contribution in [3.63, 3.8) is 0 Å². The molecule has 2 heterocycles. The van der Waals surface area contributed by atoms with Crippen LogP contribution in [0, 0.1) is 0 Å². The van der Waals surface area contributed by atoms with Gasteiger partial charge in [0.05, 0.1) is 13.2 Å². The van der Waals surface area contributed by atoms with Crippen molar-refractivity contribution in [1.29, 1.82) is 0 Å². The van der Waals surface area contributed by atoms with E-state index < -0.39 is 69.3 Å². The van der Waals surface area contributed by atoms with Gasteiger partial charge in [-0.1, -0.05) is 87.5 Å². The molecule has 2 aliphatic heterocycles. The van der Waals surface area contributed by atoms with Crippen LogP contribution >= 0.6 is 0 Å². The van der Waals surface area contributed by atoms with Crippen LogP contribution < -0.4 is 10.4 Å². The molecular formula is C35H46O11Si. The molecule has 0 unspecified atom stereocenters. The van der Waals surface area contributed by atoms with Gasteiger partial charge in [-0.25, -0.2) is 0 Å². The quantitative estimate of drug-likeness (QED) is 0.143. The van der Waals surface area contributed by atoms with Crippen LogP contribution in [0.15, 0.2) is 72.8 Å². The van der Waals surface area contributed by atoms with Crippen LogP contribution in [-0.2, 0) is 52.0 Å². The first-order valence-corrected chi connectivity index (χ1v) is 17.8. The summed E-state index contributed by atoms with van der Waals surface area (Å²) in [4.78, 5) is 36.1. The summed E-state index contributed by atoms with van der Waals surface area (Å²) in [5.41, 5.74) is 0. The van der Waals surface area contributed by atoms with Crippen LogP contribution in [0.3, 0.4) is 0 Å². The summed E-state index contributed by atoms with van der Waals surface area (Å²) in [6, 6.07) is 20.5. The van der Waals surface area contributed by atoms with Gasteiger partial charge in [-0.3, -0.25) is 14.4 Å². The van der Waals surface area contributed by atoms with E-state index >= 15 is 0 Å². The van der Waals surface area contributed by atoms with Gasteiger partial charge in [-0.15, -0.1) is 0 Å². The van der Waals surface area contributed by atoms with E-state index in [2.05, 4.69) is 45.0 Å². The number of carbonyl (C=O) groups is 3. The Morgan fingerprint density at radius 3 is 1.87 bits per heavy atom. The number of benzene rings is 2. The fourth-order valence-corrected chi connectivity index (χ4v) is 10.7. The van der Waals surface area contributed by atoms with Crippen molar-refractivity contribution >= 4 is 36.6 Å². The van der Waals surface area contributed by atoms with E-state index in [1.807, 2.05) is 43.3 Å². The minimum atomic E-state index is -2.95. The van der Waals surface area contributed by atoms with Gasteiger partial charge in [-0.2, -0.15) is 0 Å². The van der Waals surface area contributed by atoms with Gasteiger partial charge >= 0.3 is 17.9 Å². The van der Waals surface area contributed by atoms with Crippen LogP contribution in [0.2, 0.25) is 5.04 Å². The average Bonchev–Trinajstić information content (AvgIpc) is 3.01. The fraction of sp³-hybridized carbons (Fsp3) is 0.514. The summed E-state index contributed by atoms with van der Waals surface area (Å²) < 4.78 is 48.2. The second-order valence-electron chi connectivity index (χ2n) is 12.5. The second kappa shape index (κ2) is 16.1. The molecule has 2 aromatic carbocycles. The Bertz CT molecular complexity index is 1320. The van der Waals surface area contributed by atoms with Crippen molar-refractivity contribution in [2.24, 2.45) is 0 Å². The Hall–Kier alpha value is -3.39. The Morgan fingerprint density at radius 2 is 1.36 bits per heavy atom. The van der Waals surface area contributed by atoms with E-state index in [4.69, 9.17) is 37.6 Å². The fourth-order valence-electron chi connectivity index (χ4n) is 6.09. The van der Waals surface area contributed by atoms with Crippen molar-refractivity contribution in [2.75, 3.05) is 19.8 Å². The molecule has 0 amide bonds. The van der Waals surface area contributed by atoms with Crippen molar-refractivity contribution in [2.45, 2.75) is 96.6 Å². The summed E-state index contributed by atoms with van der Waals surface area (Å²) in [5, 5.41) is 1.93. The number of hydrogen-bond acceptors (Lipinski definition) is 11. The molecule has 0 spiro atoms. The highest BCUT2D eigenvalue weighted by Gasteiger charge is 2.52. The van der Waals surface area contributed by atoms with Gasteiger partial charge in [0, 0.05) is 27.4 Å². The smallest absolute Gasteiger partial charge is 0.303 e. The molecule has 0 aliphatic carbocycles. The predicted octanol–water partition coefficient (Wildman–Crippen LogP) is 3.42. The zero-order valence-electron chi connectivity index (χ0n) is 28.1. The Kier molecular flexibility index (Phi) is 12.5. The monoisotopic (exact) mass is 670 g/mol. The number of hydrogen-bond donors (Lipinski definition) is 0. The summed E-state index contributed by atoms with van der Waals surface area (Å²) in [6.45, 7) is 12.5. The molecule has 1 saturated heterocycles. The number of esters is 3. The highest BCUT2D eigenvalue weighted by Crippen LogP contribution is 2.37. The molecule has 0 aromatic heterocycles. The molecule has 1 fully saturated rings. The molecule has 256 valence electrons. The Balaban J connectivity index is 1.68. The molecule has 2 aromatic rings. The molecule has 47 heavy (non-hydrogen) atoms. The van der Waals surface area contributed by atoms with Crippen molar-refractivity contribution < 1.29 is 52.0 Å². The summed E-state index contributed by atoms with van der Waals surface area (Å²) in [5.74, 6) is -1.92. The lowest BCUT2D eigenvalue weighted by Gasteiger charge is -2.45. The molecule has 11 nitrogen and oxygen atoms in total. The summed E-state index contributed by atoms with van der Waals surface area (Å²) >= 11 is 0. The van der Waals surface area contributed by atoms with Crippen LogP contribution in [0.4, 0.5) is 0 Å². The third-order valence-corrected chi connectivity index (χ3v) is 12.9. The van der Waals surface area contributed by atoms with Crippen LogP contribution in [0.1, 0.15) is 48.5 Å². The SMILES string of the molecule is CCO[C@@H]1C=C[C@H](O[C@H]2OC[C@@H](OC(C)=O)[C@@H](OC(C)=O)[C@H]2OC(C)=O)[C@@H](CO[Si](c2ccccc2)(c2ccccc2)C(C)(C)C)O1. The number of carbonyl (C=O) groups excluding carboxylic acids is 3. The van der Waals surface area contributed by atoms with Crippen molar-refractivity contribution in [1.82, 2.24) is 0 Å². The van der Waals surface area contributed by atoms with Crippen LogP contribution in [0.5, 0.6) is 0 Å². The summed E-state index contributed by atoms with van der Waals surface area (Å²) in [6.07, 6.45) is -3.18. The van der Waals surface area contributed by atoms with E-state index in [1.165, 1.54) is 20.8 Å². The largest absolute Gasteiger partial charge is 0.456 e. The minimum absolute atomic E-state index is 0.125. The predicted molar refractivity (Wildman–Crippen MR) is 174 cm³/mol. The van der Waals surface area contributed by atoms with Gasteiger partial charge in [0.15, 0.2) is 30.9 Å². The highest BCUT2D eigenvalue weighted by molar-refractivity contribution is 6.99. The van der Waals surface area contributed by atoms with Gasteiger partial charge in [-0.05, 0) is 28.4 Å². The first-order valence-electron chi connectivity index (χ1n) is 15.8. The zero-order valence-corrected chi connectivity index (χ0v) is 29.1. The normalized spacial score (nSPS) is 26.3. The average molecular weight is 671 g/mol. The number of ether oxygens (including phenoxy) is 7. The molecule has 0 saturated carbocycles. The molecule has 12 heteroatoms. The van der Waals surface area contributed by atoms with Gasteiger partial charge in [0.25, 0.3) is 8.32 Å². The molecule has 7 atom stereocenters. The van der Waals surface area contributed by atoms with Crippen LogP contribution in [0.25, 0.3) is 0 Å². The lowest BCUT2D eigenvalue weighted by molar-refractivity contribution is -0.300. The van der Waals surface area contributed by atoms with E-state index in [1.54, 1.807) is 12.2 Å². The van der Waals surface area contributed by atoms with Gasteiger partial charge in [0.2, 0.25) is 0 Å². The van der Waals surface area contributed by atoms with Crippen LogP contribution in [-0.4, -0.2) is 89.1 Å². The topological polar surface area (TPSA) is 125 Å². The van der Waals surface area contributed by atoms with Gasteiger partial charge in [0.1, 0.15) is 12.2 Å². The minimum Gasteiger partial charge on any atom is -0.456 e. The Labute approximate surface area is 277 Å². The third-order valence-electron chi connectivity index (χ3n) is 7.94. The highest BCUT2D eigenvalue weighted by atomic mass is 28.4. The van der Waals surface area contributed by atoms with Gasteiger partial charge < -0.3 is 37.6 Å². The van der Waals surface area contributed by atoms with Crippen molar-refractivity contribution in [3.05, 3.63) is 72.8 Å². The maximum Gasteiger partial charge on any atom is 0.303 e. The standard InChI is InChI=1S/C35H46O11Si/c1-8-39-31-20-19-28(46-34-33(44-25(4)38)32(43-24(3)37)30(21-40-34)42-23(2)36)29(45-31)22-41-47(35(5,6)7,26-15-11-9-12-16-26)27-17-13-10-14-18-27/h9-20,28-34H,8,21-22H2,1-7H3/t28-,29+,30+,31-,32+,33+,34+/m0/s1. The maximum absolute atomic E-state index is 12.2. The third kappa shape index (κ3) is 8.95. The molecule has 0 N–H and O–H groups in total. The maximum atomic E-state index is 12.2. The van der Waals surface area contributed by atoms with Crippen molar-refractivity contribution in [3.8, 4) is 0 Å². The second-order valence-corrected chi connectivity index (χ2v) is 16.8. The lowest BCUT2D eigenvalue weighted by Crippen LogP contribution is -2.67. The molecule has 0 bridgehead atoms. The molecule has 2 aliphatic rings.